The van der Waals surface area contributed by atoms with Crippen molar-refractivity contribution in [1.82, 2.24) is 0 Å². The van der Waals surface area contributed by atoms with Crippen LogP contribution in [0.3, 0.4) is 0 Å². The van der Waals surface area contributed by atoms with E-state index >= 15 is 0 Å². The van der Waals surface area contributed by atoms with E-state index < -0.39 is 0 Å². The van der Waals surface area contributed by atoms with Gasteiger partial charge in [0.15, 0.2) is 0 Å². The maximum Gasteiger partial charge on any atom is 0.133 e. The molecule has 0 atom stereocenters. The summed E-state index contributed by atoms with van der Waals surface area (Å²) >= 11 is 3.45. The van der Waals surface area contributed by atoms with Gasteiger partial charge in [-0.05, 0) is 33.6 Å². The Morgan fingerprint density at radius 3 is 2.21 bits per heavy atom. The van der Waals surface area contributed by atoms with Crippen molar-refractivity contribution >= 4 is 28.1 Å². The minimum atomic E-state index is 0.786. The fourth-order valence-electron chi connectivity index (χ4n) is 1.76. The van der Waals surface area contributed by atoms with Gasteiger partial charge in [-0.2, -0.15) is 0 Å². The van der Waals surface area contributed by atoms with Crippen LogP contribution in [0.15, 0.2) is 46.9 Å². The molecule has 3 heteroatoms. The van der Waals surface area contributed by atoms with Crippen LogP contribution in [0.25, 0.3) is 12.2 Å². The van der Waals surface area contributed by atoms with Crippen molar-refractivity contribution < 1.29 is 9.47 Å². The number of rotatable bonds is 4. The van der Waals surface area contributed by atoms with Gasteiger partial charge in [0.05, 0.1) is 18.7 Å². The van der Waals surface area contributed by atoms with Crippen LogP contribution in [0.4, 0.5) is 0 Å². The summed E-state index contributed by atoms with van der Waals surface area (Å²) in [5.74, 6) is 1.59. The average Bonchev–Trinajstić information content (AvgIpc) is 2.46. The Morgan fingerprint density at radius 1 is 0.895 bits per heavy atom. The predicted octanol–water partition coefficient (Wildman–Crippen LogP) is 4.64. The number of methoxy groups -OCH3 is 2. The largest absolute Gasteiger partial charge is 0.496 e. The smallest absolute Gasteiger partial charge is 0.133 e. The zero-order valence-corrected chi connectivity index (χ0v) is 12.5. The first-order chi connectivity index (χ1) is 9.24. The molecule has 0 spiro atoms. The molecule has 0 saturated heterocycles. The summed E-state index contributed by atoms with van der Waals surface area (Å²) in [5, 5.41) is 0. The standard InChI is InChI=1S/C16H15BrO2/c1-18-15-11-14(17)16(19-2)10-13(15)9-8-12-6-4-3-5-7-12/h3-11H,1-2H3. The SMILES string of the molecule is COc1cc(C=Cc2ccccc2)c(OC)cc1Br. The molecule has 0 bridgehead atoms. The first-order valence-electron chi connectivity index (χ1n) is 5.89. The lowest BCUT2D eigenvalue weighted by Crippen LogP contribution is -1.91. The van der Waals surface area contributed by atoms with E-state index in [0.717, 1.165) is 27.1 Å². The van der Waals surface area contributed by atoms with Gasteiger partial charge in [0.25, 0.3) is 0 Å². The summed E-state index contributed by atoms with van der Waals surface area (Å²) in [6.07, 6.45) is 4.06. The Hall–Kier alpha value is -1.74. The number of ether oxygens (including phenoxy) is 2. The maximum atomic E-state index is 5.38. The summed E-state index contributed by atoms with van der Waals surface area (Å²) in [4.78, 5) is 0. The number of hydrogen-bond acceptors (Lipinski definition) is 2. The fraction of sp³-hybridized carbons (Fsp3) is 0.125. The molecule has 0 aliphatic rings. The Bertz CT molecular complexity index is 577. The van der Waals surface area contributed by atoms with E-state index in [4.69, 9.17) is 9.47 Å². The molecule has 0 amide bonds. The van der Waals surface area contributed by atoms with E-state index in [9.17, 15) is 0 Å². The highest BCUT2D eigenvalue weighted by molar-refractivity contribution is 9.10. The molecule has 2 nitrogen and oxygen atoms in total. The highest BCUT2D eigenvalue weighted by Crippen LogP contribution is 2.33. The van der Waals surface area contributed by atoms with Gasteiger partial charge in [-0.3, -0.25) is 0 Å². The Kier molecular flexibility index (Phi) is 4.63. The molecule has 0 saturated carbocycles. The molecule has 19 heavy (non-hydrogen) atoms. The molecule has 2 aromatic carbocycles. The van der Waals surface area contributed by atoms with Crippen LogP contribution in [0.2, 0.25) is 0 Å². The number of benzene rings is 2. The molecule has 0 heterocycles. The normalized spacial score (nSPS) is 10.7. The van der Waals surface area contributed by atoms with Gasteiger partial charge in [-0.1, -0.05) is 42.5 Å². The lowest BCUT2D eigenvalue weighted by Gasteiger charge is -2.09. The van der Waals surface area contributed by atoms with E-state index in [1.807, 2.05) is 42.5 Å². The first kappa shape index (κ1) is 13.7. The summed E-state index contributed by atoms with van der Waals surface area (Å²) in [7, 11) is 3.31. The molecule has 0 unspecified atom stereocenters. The third-order valence-corrected chi connectivity index (χ3v) is 3.38. The van der Waals surface area contributed by atoms with Crippen molar-refractivity contribution in [3.05, 3.63) is 58.1 Å². The van der Waals surface area contributed by atoms with Crippen LogP contribution in [0.1, 0.15) is 11.1 Å². The summed E-state index contributed by atoms with van der Waals surface area (Å²) in [6.45, 7) is 0. The molecular weight excluding hydrogens is 304 g/mol. The second kappa shape index (κ2) is 6.43. The number of hydrogen-bond donors (Lipinski definition) is 0. The van der Waals surface area contributed by atoms with Crippen LogP contribution < -0.4 is 9.47 Å². The predicted molar refractivity (Wildman–Crippen MR) is 82.6 cm³/mol. The van der Waals surface area contributed by atoms with Crippen LogP contribution in [-0.2, 0) is 0 Å². The molecular formula is C16H15BrO2. The molecule has 0 radical (unpaired) electrons. The number of halogens is 1. The minimum absolute atomic E-state index is 0.786. The highest BCUT2D eigenvalue weighted by Gasteiger charge is 2.07. The van der Waals surface area contributed by atoms with Gasteiger partial charge in [-0.15, -0.1) is 0 Å². The zero-order chi connectivity index (χ0) is 13.7. The molecule has 2 aromatic rings. The van der Waals surface area contributed by atoms with Gasteiger partial charge in [0.1, 0.15) is 11.5 Å². The van der Waals surface area contributed by atoms with Gasteiger partial charge in [0, 0.05) is 5.56 Å². The Balaban J connectivity index is 2.36. The third-order valence-electron chi connectivity index (χ3n) is 2.76. The molecule has 0 aliphatic heterocycles. The van der Waals surface area contributed by atoms with E-state index in [-0.39, 0.29) is 0 Å². The van der Waals surface area contributed by atoms with Crippen molar-refractivity contribution in [2.24, 2.45) is 0 Å². The van der Waals surface area contributed by atoms with Gasteiger partial charge >= 0.3 is 0 Å². The quantitative estimate of drug-likeness (QED) is 0.765. The molecule has 98 valence electrons. The van der Waals surface area contributed by atoms with Crippen molar-refractivity contribution in [1.29, 1.82) is 0 Å². The maximum absolute atomic E-state index is 5.38. The topological polar surface area (TPSA) is 18.5 Å². The fourth-order valence-corrected chi connectivity index (χ4v) is 2.25. The lowest BCUT2D eigenvalue weighted by molar-refractivity contribution is 0.400. The first-order valence-corrected chi connectivity index (χ1v) is 6.68. The van der Waals surface area contributed by atoms with Gasteiger partial charge in [0.2, 0.25) is 0 Å². The second-order valence-electron chi connectivity index (χ2n) is 3.97. The van der Waals surface area contributed by atoms with Crippen molar-refractivity contribution in [3.8, 4) is 11.5 Å². The minimum Gasteiger partial charge on any atom is -0.496 e. The molecule has 0 aliphatic carbocycles. The molecule has 2 rings (SSSR count). The van der Waals surface area contributed by atoms with Crippen molar-refractivity contribution in [3.63, 3.8) is 0 Å². The third kappa shape index (κ3) is 3.38. The van der Waals surface area contributed by atoms with Crippen molar-refractivity contribution in [2.45, 2.75) is 0 Å². The summed E-state index contributed by atoms with van der Waals surface area (Å²) < 4.78 is 11.6. The van der Waals surface area contributed by atoms with Crippen LogP contribution >= 0.6 is 15.9 Å². The molecule has 0 fully saturated rings. The van der Waals surface area contributed by atoms with E-state index in [1.54, 1.807) is 14.2 Å². The summed E-state index contributed by atoms with van der Waals surface area (Å²) in [5.41, 5.74) is 2.12. The summed E-state index contributed by atoms with van der Waals surface area (Å²) in [6, 6.07) is 14.0. The molecule has 0 N–H and O–H groups in total. The van der Waals surface area contributed by atoms with E-state index in [0.29, 0.717) is 0 Å². The highest BCUT2D eigenvalue weighted by atomic mass is 79.9. The molecule has 0 aromatic heterocycles. The zero-order valence-electron chi connectivity index (χ0n) is 10.9. The van der Waals surface area contributed by atoms with Crippen LogP contribution in [-0.4, -0.2) is 14.2 Å². The van der Waals surface area contributed by atoms with Crippen LogP contribution in [0, 0.1) is 0 Å². The van der Waals surface area contributed by atoms with Crippen LogP contribution in [0.5, 0.6) is 11.5 Å². The van der Waals surface area contributed by atoms with Gasteiger partial charge in [-0.25, -0.2) is 0 Å². The average molecular weight is 319 g/mol. The van der Waals surface area contributed by atoms with Crippen molar-refractivity contribution in [2.75, 3.05) is 14.2 Å². The van der Waals surface area contributed by atoms with Gasteiger partial charge < -0.3 is 9.47 Å². The Morgan fingerprint density at radius 2 is 1.58 bits per heavy atom. The second-order valence-corrected chi connectivity index (χ2v) is 4.83. The lowest BCUT2D eigenvalue weighted by atomic mass is 10.1. The Labute approximate surface area is 121 Å². The van der Waals surface area contributed by atoms with E-state index in [2.05, 4.69) is 28.1 Å². The monoisotopic (exact) mass is 318 g/mol. The van der Waals surface area contributed by atoms with E-state index in [1.165, 1.54) is 0 Å².